The molecule has 2 atom stereocenters. The molecule has 0 spiro atoms. The van der Waals surface area contributed by atoms with Gasteiger partial charge in [0.1, 0.15) is 5.82 Å². The highest BCUT2D eigenvalue weighted by molar-refractivity contribution is 5.42. The summed E-state index contributed by atoms with van der Waals surface area (Å²) in [5, 5.41) is 0. The number of hydrogen-bond acceptors (Lipinski definition) is 5. The SMILES string of the molecule is C[C@@H]1CN(Cc2cccnc2NN)C[C@H](C)O1. The van der Waals surface area contributed by atoms with Crippen LogP contribution in [-0.4, -0.2) is 35.2 Å². The van der Waals surface area contributed by atoms with Crippen molar-refractivity contribution in [3.05, 3.63) is 23.9 Å². The maximum atomic E-state index is 5.71. The second-order valence-corrected chi connectivity index (χ2v) is 4.61. The fraction of sp³-hybridized carbons (Fsp3) is 0.583. The van der Waals surface area contributed by atoms with Crippen LogP contribution in [0.4, 0.5) is 5.82 Å². The van der Waals surface area contributed by atoms with Gasteiger partial charge in [-0.05, 0) is 19.9 Å². The summed E-state index contributed by atoms with van der Waals surface area (Å²) < 4.78 is 5.71. The lowest BCUT2D eigenvalue weighted by molar-refractivity contribution is -0.0704. The normalized spacial score (nSPS) is 25.8. The first kappa shape index (κ1) is 12.3. The van der Waals surface area contributed by atoms with Crippen LogP contribution in [0.15, 0.2) is 18.3 Å². The molecule has 94 valence electrons. The largest absolute Gasteiger partial charge is 0.373 e. The molecular formula is C12H20N4O. The van der Waals surface area contributed by atoms with E-state index in [-0.39, 0.29) is 12.2 Å². The van der Waals surface area contributed by atoms with Crippen molar-refractivity contribution in [2.45, 2.75) is 32.6 Å². The van der Waals surface area contributed by atoms with Gasteiger partial charge in [0.2, 0.25) is 0 Å². The van der Waals surface area contributed by atoms with Crippen LogP contribution < -0.4 is 11.3 Å². The van der Waals surface area contributed by atoms with E-state index in [4.69, 9.17) is 10.6 Å². The van der Waals surface area contributed by atoms with E-state index in [9.17, 15) is 0 Å². The summed E-state index contributed by atoms with van der Waals surface area (Å²) in [6.45, 7) is 6.96. The predicted molar refractivity (Wildman–Crippen MR) is 67.3 cm³/mol. The van der Waals surface area contributed by atoms with Gasteiger partial charge < -0.3 is 10.2 Å². The highest BCUT2D eigenvalue weighted by Crippen LogP contribution is 2.17. The zero-order valence-electron chi connectivity index (χ0n) is 10.4. The van der Waals surface area contributed by atoms with Crippen molar-refractivity contribution in [2.24, 2.45) is 5.84 Å². The molecule has 0 aliphatic carbocycles. The number of hydrazine groups is 1. The molecular weight excluding hydrogens is 216 g/mol. The molecule has 0 saturated carbocycles. The summed E-state index contributed by atoms with van der Waals surface area (Å²) in [5.41, 5.74) is 3.76. The van der Waals surface area contributed by atoms with E-state index in [1.54, 1.807) is 6.20 Å². The number of aromatic nitrogens is 1. The monoisotopic (exact) mass is 236 g/mol. The second-order valence-electron chi connectivity index (χ2n) is 4.61. The molecule has 17 heavy (non-hydrogen) atoms. The molecule has 1 aromatic heterocycles. The van der Waals surface area contributed by atoms with E-state index < -0.39 is 0 Å². The van der Waals surface area contributed by atoms with Crippen LogP contribution in [0.2, 0.25) is 0 Å². The quantitative estimate of drug-likeness (QED) is 0.605. The molecule has 0 bridgehead atoms. The minimum Gasteiger partial charge on any atom is -0.373 e. The molecule has 2 heterocycles. The summed E-state index contributed by atoms with van der Waals surface area (Å²) in [7, 11) is 0. The lowest BCUT2D eigenvalue weighted by Crippen LogP contribution is -2.44. The number of ether oxygens (including phenoxy) is 1. The van der Waals surface area contributed by atoms with E-state index in [2.05, 4.69) is 29.2 Å². The number of hydrogen-bond donors (Lipinski definition) is 2. The smallest absolute Gasteiger partial charge is 0.144 e. The molecule has 0 aromatic carbocycles. The summed E-state index contributed by atoms with van der Waals surface area (Å²) >= 11 is 0. The van der Waals surface area contributed by atoms with E-state index in [1.165, 1.54) is 0 Å². The molecule has 1 aromatic rings. The zero-order chi connectivity index (χ0) is 12.3. The van der Waals surface area contributed by atoms with Gasteiger partial charge in [-0.1, -0.05) is 6.07 Å². The maximum absolute atomic E-state index is 5.71. The lowest BCUT2D eigenvalue weighted by atomic mass is 10.2. The first-order valence-electron chi connectivity index (χ1n) is 5.97. The molecule has 1 aliphatic rings. The van der Waals surface area contributed by atoms with Crippen molar-refractivity contribution in [1.29, 1.82) is 0 Å². The summed E-state index contributed by atoms with van der Waals surface area (Å²) in [4.78, 5) is 6.58. The minimum atomic E-state index is 0.282. The van der Waals surface area contributed by atoms with Gasteiger partial charge in [-0.2, -0.15) is 0 Å². The van der Waals surface area contributed by atoms with Crippen molar-refractivity contribution in [2.75, 3.05) is 18.5 Å². The topological polar surface area (TPSA) is 63.4 Å². The Kier molecular flexibility index (Phi) is 3.93. The van der Waals surface area contributed by atoms with Crippen LogP contribution >= 0.6 is 0 Å². The Balaban J connectivity index is 2.04. The molecule has 0 amide bonds. The third kappa shape index (κ3) is 3.15. The fourth-order valence-electron chi connectivity index (χ4n) is 2.35. The third-order valence-electron chi connectivity index (χ3n) is 2.92. The average molecular weight is 236 g/mol. The lowest BCUT2D eigenvalue weighted by Gasteiger charge is -2.35. The Labute approximate surface area is 102 Å². The number of morpholine rings is 1. The van der Waals surface area contributed by atoms with Gasteiger partial charge in [0.25, 0.3) is 0 Å². The molecule has 2 rings (SSSR count). The zero-order valence-corrected chi connectivity index (χ0v) is 10.4. The molecule has 1 aliphatic heterocycles. The van der Waals surface area contributed by atoms with Gasteiger partial charge >= 0.3 is 0 Å². The van der Waals surface area contributed by atoms with Crippen LogP contribution in [0.1, 0.15) is 19.4 Å². The highest BCUT2D eigenvalue weighted by atomic mass is 16.5. The Morgan fingerprint density at radius 1 is 1.47 bits per heavy atom. The number of pyridine rings is 1. The van der Waals surface area contributed by atoms with Gasteiger partial charge in [0.15, 0.2) is 0 Å². The Bertz CT molecular complexity index is 361. The van der Waals surface area contributed by atoms with Gasteiger partial charge in [0.05, 0.1) is 12.2 Å². The molecule has 0 radical (unpaired) electrons. The molecule has 1 fully saturated rings. The first-order valence-corrected chi connectivity index (χ1v) is 5.97. The van der Waals surface area contributed by atoms with E-state index in [0.29, 0.717) is 0 Å². The van der Waals surface area contributed by atoms with Crippen molar-refractivity contribution < 1.29 is 4.74 Å². The Morgan fingerprint density at radius 3 is 2.82 bits per heavy atom. The molecule has 1 saturated heterocycles. The fourth-order valence-corrected chi connectivity index (χ4v) is 2.35. The van der Waals surface area contributed by atoms with Gasteiger partial charge in [-0.3, -0.25) is 4.90 Å². The molecule has 3 N–H and O–H groups in total. The van der Waals surface area contributed by atoms with Gasteiger partial charge in [-0.15, -0.1) is 0 Å². The maximum Gasteiger partial charge on any atom is 0.144 e. The Morgan fingerprint density at radius 2 is 2.18 bits per heavy atom. The van der Waals surface area contributed by atoms with E-state index in [1.807, 2.05) is 12.1 Å². The molecule has 5 nitrogen and oxygen atoms in total. The second kappa shape index (κ2) is 5.44. The van der Waals surface area contributed by atoms with Crippen molar-refractivity contribution in [3.8, 4) is 0 Å². The number of nitrogens with zero attached hydrogens (tertiary/aromatic N) is 2. The van der Waals surface area contributed by atoms with Crippen LogP contribution in [0.3, 0.4) is 0 Å². The van der Waals surface area contributed by atoms with Crippen molar-refractivity contribution in [1.82, 2.24) is 9.88 Å². The predicted octanol–water partition coefficient (Wildman–Crippen LogP) is 0.976. The Hall–Kier alpha value is -1.17. The van der Waals surface area contributed by atoms with E-state index >= 15 is 0 Å². The minimum absolute atomic E-state index is 0.282. The number of nitrogens with one attached hydrogen (secondary N) is 1. The molecule has 5 heteroatoms. The number of nitrogen functional groups attached to an aromatic ring is 1. The standard InChI is InChI=1S/C12H20N4O/c1-9-6-16(7-10(2)17-9)8-11-4-3-5-14-12(11)15-13/h3-5,9-10H,6-8,13H2,1-2H3,(H,14,15)/t9-,10+. The number of nitrogens with two attached hydrogens (primary N) is 1. The van der Waals surface area contributed by atoms with Gasteiger partial charge in [-0.25, -0.2) is 10.8 Å². The van der Waals surface area contributed by atoms with Crippen LogP contribution in [0.25, 0.3) is 0 Å². The summed E-state index contributed by atoms with van der Waals surface area (Å²) in [6.07, 6.45) is 2.30. The third-order valence-corrected chi connectivity index (χ3v) is 2.92. The number of anilines is 1. The highest BCUT2D eigenvalue weighted by Gasteiger charge is 2.22. The van der Waals surface area contributed by atoms with Crippen LogP contribution in [-0.2, 0) is 11.3 Å². The number of rotatable bonds is 3. The van der Waals surface area contributed by atoms with Gasteiger partial charge in [0, 0.05) is 31.4 Å². The van der Waals surface area contributed by atoms with Crippen LogP contribution in [0, 0.1) is 0 Å². The molecule has 0 unspecified atom stereocenters. The summed E-state index contributed by atoms with van der Waals surface area (Å²) in [5.74, 6) is 6.20. The first-order chi connectivity index (χ1) is 8.19. The van der Waals surface area contributed by atoms with Crippen molar-refractivity contribution >= 4 is 5.82 Å². The van der Waals surface area contributed by atoms with Crippen molar-refractivity contribution in [3.63, 3.8) is 0 Å². The average Bonchev–Trinajstić information content (AvgIpc) is 2.28. The summed E-state index contributed by atoms with van der Waals surface area (Å²) in [6, 6.07) is 3.98. The van der Waals surface area contributed by atoms with E-state index in [0.717, 1.165) is 31.0 Å². The van der Waals surface area contributed by atoms with Crippen LogP contribution in [0.5, 0.6) is 0 Å².